The number of hydrogen-bond donors (Lipinski definition) is 2. The van der Waals surface area contributed by atoms with E-state index in [4.69, 9.17) is 5.11 Å². The summed E-state index contributed by atoms with van der Waals surface area (Å²) >= 11 is 0. The summed E-state index contributed by atoms with van der Waals surface area (Å²) in [6.45, 7) is 0.0934. The van der Waals surface area contributed by atoms with Crippen molar-refractivity contribution in [1.82, 2.24) is 9.97 Å². The van der Waals surface area contributed by atoms with Crippen LogP contribution in [0.15, 0.2) is 6.20 Å². The van der Waals surface area contributed by atoms with Crippen LogP contribution in [-0.2, 0) is 0 Å². The van der Waals surface area contributed by atoms with E-state index in [1.807, 2.05) is 6.92 Å². The Morgan fingerprint density at radius 1 is 1.40 bits per heavy atom. The lowest BCUT2D eigenvalue weighted by Gasteiger charge is -2.24. The van der Waals surface area contributed by atoms with E-state index in [2.05, 4.69) is 15.3 Å². The monoisotopic (exact) mass is 296 g/mol. The first-order chi connectivity index (χ1) is 9.37. The van der Waals surface area contributed by atoms with Crippen molar-refractivity contribution in [2.45, 2.75) is 19.5 Å². The minimum Gasteiger partial charge on any atom is -0.395 e. The van der Waals surface area contributed by atoms with Gasteiger partial charge in [-0.25, -0.2) is 9.37 Å². The molecular formula is C11H16F4N4O. The minimum absolute atomic E-state index is 0.0494. The van der Waals surface area contributed by atoms with E-state index < -0.39 is 31.0 Å². The molecule has 0 aromatic carbocycles. The largest absolute Gasteiger partial charge is 0.405 e. The highest BCUT2D eigenvalue weighted by atomic mass is 19.4. The van der Waals surface area contributed by atoms with Gasteiger partial charge >= 0.3 is 6.18 Å². The van der Waals surface area contributed by atoms with Crippen molar-refractivity contribution < 1.29 is 22.7 Å². The van der Waals surface area contributed by atoms with Gasteiger partial charge in [0.25, 0.3) is 0 Å². The van der Waals surface area contributed by atoms with Gasteiger partial charge in [0, 0.05) is 13.1 Å². The van der Waals surface area contributed by atoms with E-state index in [-0.39, 0.29) is 12.5 Å². The number of alkyl halides is 3. The fraction of sp³-hybridized carbons (Fsp3) is 0.636. The second kappa shape index (κ2) is 7.22. The molecule has 0 aliphatic rings. The zero-order valence-corrected chi connectivity index (χ0v) is 10.9. The lowest BCUT2D eigenvalue weighted by molar-refractivity contribution is -0.120. The first-order valence-electron chi connectivity index (χ1n) is 6.06. The Balaban J connectivity index is 2.98. The smallest absolute Gasteiger partial charge is 0.395 e. The maximum atomic E-state index is 13.6. The molecule has 0 radical (unpaired) electrons. The summed E-state index contributed by atoms with van der Waals surface area (Å²) in [5.41, 5.74) is 0. The van der Waals surface area contributed by atoms with Gasteiger partial charge in [0.15, 0.2) is 11.6 Å². The van der Waals surface area contributed by atoms with Gasteiger partial charge in [0.2, 0.25) is 5.95 Å². The average molecular weight is 296 g/mol. The Morgan fingerprint density at radius 2 is 2.10 bits per heavy atom. The number of aromatic nitrogens is 2. The molecule has 9 heteroatoms. The summed E-state index contributed by atoms with van der Waals surface area (Å²) in [6, 6.07) is 0. The van der Waals surface area contributed by atoms with E-state index in [1.54, 1.807) is 0 Å². The molecule has 20 heavy (non-hydrogen) atoms. The van der Waals surface area contributed by atoms with Crippen LogP contribution in [0.5, 0.6) is 0 Å². The molecule has 2 N–H and O–H groups in total. The van der Waals surface area contributed by atoms with Crippen LogP contribution < -0.4 is 10.2 Å². The molecule has 0 aliphatic heterocycles. The number of anilines is 2. The fourth-order valence-corrected chi connectivity index (χ4v) is 1.50. The Labute approximate surface area is 113 Å². The average Bonchev–Trinajstić information content (AvgIpc) is 2.36. The molecule has 114 valence electrons. The number of rotatable bonds is 7. The summed E-state index contributed by atoms with van der Waals surface area (Å²) < 4.78 is 50.9. The fourth-order valence-electron chi connectivity index (χ4n) is 1.50. The van der Waals surface area contributed by atoms with Crippen molar-refractivity contribution in [2.24, 2.45) is 0 Å². The van der Waals surface area contributed by atoms with Crippen molar-refractivity contribution in [2.75, 3.05) is 36.5 Å². The summed E-state index contributed by atoms with van der Waals surface area (Å²) in [4.78, 5) is 8.01. The van der Waals surface area contributed by atoms with Crippen LogP contribution in [0.25, 0.3) is 0 Å². The maximum Gasteiger partial charge on any atom is 0.405 e. The number of aliphatic hydroxyl groups is 1. The minimum atomic E-state index is -4.52. The first kappa shape index (κ1) is 16.4. The van der Waals surface area contributed by atoms with Gasteiger partial charge in [-0.15, -0.1) is 0 Å². The highest BCUT2D eigenvalue weighted by Crippen LogP contribution is 2.23. The second-order valence-electron chi connectivity index (χ2n) is 4.05. The Morgan fingerprint density at radius 3 is 2.65 bits per heavy atom. The number of nitrogens with zero attached hydrogens (tertiary/aromatic N) is 3. The van der Waals surface area contributed by atoms with Gasteiger partial charge in [-0.05, 0) is 6.42 Å². The quantitative estimate of drug-likeness (QED) is 0.751. The molecule has 0 aliphatic carbocycles. The van der Waals surface area contributed by atoms with Crippen LogP contribution >= 0.6 is 0 Å². The van der Waals surface area contributed by atoms with E-state index in [0.717, 1.165) is 12.6 Å². The van der Waals surface area contributed by atoms with Gasteiger partial charge in [-0.3, -0.25) is 0 Å². The SMILES string of the molecule is CCCNc1ncc(F)c(N(CCO)CC(F)(F)F)n1. The summed E-state index contributed by atoms with van der Waals surface area (Å²) in [5.74, 6) is -1.40. The molecular weight excluding hydrogens is 280 g/mol. The Kier molecular flexibility index (Phi) is 5.93. The van der Waals surface area contributed by atoms with Crippen molar-refractivity contribution >= 4 is 11.8 Å². The molecule has 0 amide bonds. The number of hydrogen-bond acceptors (Lipinski definition) is 5. The van der Waals surface area contributed by atoms with E-state index in [1.165, 1.54) is 0 Å². The molecule has 1 aromatic heterocycles. The van der Waals surface area contributed by atoms with Crippen molar-refractivity contribution in [3.63, 3.8) is 0 Å². The van der Waals surface area contributed by atoms with Gasteiger partial charge < -0.3 is 15.3 Å². The Bertz CT molecular complexity index is 427. The van der Waals surface area contributed by atoms with Crippen LogP contribution in [0.2, 0.25) is 0 Å². The zero-order valence-electron chi connectivity index (χ0n) is 10.9. The van der Waals surface area contributed by atoms with Crippen LogP contribution in [0.3, 0.4) is 0 Å². The number of halogens is 4. The third-order valence-electron chi connectivity index (χ3n) is 2.30. The van der Waals surface area contributed by atoms with E-state index in [0.29, 0.717) is 11.4 Å². The van der Waals surface area contributed by atoms with Crippen LogP contribution in [0, 0.1) is 5.82 Å². The highest BCUT2D eigenvalue weighted by molar-refractivity contribution is 5.44. The highest BCUT2D eigenvalue weighted by Gasteiger charge is 2.32. The molecule has 1 aromatic rings. The van der Waals surface area contributed by atoms with Crippen molar-refractivity contribution in [3.8, 4) is 0 Å². The first-order valence-corrected chi connectivity index (χ1v) is 6.06. The molecule has 0 saturated carbocycles. The Hall–Kier alpha value is -1.64. The third kappa shape index (κ3) is 5.16. The topological polar surface area (TPSA) is 61.3 Å². The molecule has 0 unspecified atom stereocenters. The third-order valence-corrected chi connectivity index (χ3v) is 2.30. The zero-order chi connectivity index (χ0) is 15.2. The normalized spacial score (nSPS) is 11.5. The molecule has 0 bridgehead atoms. The van der Waals surface area contributed by atoms with Crippen LogP contribution in [0.1, 0.15) is 13.3 Å². The van der Waals surface area contributed by atoms with Crippen molar-refractivity contribution in [3.05, 3.63) is 12.0 Å². The molecule has 0 spiro atoms. The molecule has 5 nitrogen and oxygen atoms in total. The van der Waals surface area contributed by atoms with E-state index >= 15 is 0 Å². The number of nitrogens with one attached hydrogen (secondary N) is 1. The molecule has 1 rings (SSSR count). The van der Waals surface area contributed by atoms with Gasteiger partial charge in [0.1, 0.15) is 6.54 Å². The molecule has 0 saturated heterocycles. The molecule has 1 heterocycles. The lowest BCUT2D eigenvalue weighted by atomic mass is 10.4. The van der Waals surface area contributed by atoms with Gasteiger partial charge in [0.05, 0.1) is 12.8 Å². The lowest BCUT2D eigenvalue weighted by Crippen LogP contribution is -2.37. The van der Waals surface area contributed by atoms with Gasteiger partial charge in [-0.2, -0.15) is 18.2 Å². The summed E-state index contributed by atoms with van der Waals surface area (Å²) in [5, 5.41) is 11.6. The second-order valence-corrected chi connectivity index (χ2v) is 4.05. The van der Waals surface area contributed by atoms with Crippen LogP contribution in [-0.4, -0.2) is 47.5 Å². The van der Waals surface area contributed by atoms with Crippen molar-refractivity contribution in [1.29, 1.82) is 0 Å². The predicted octanol–water partition coefficient (Wildman–Crippen LogP) is 1.80. The van der Waals surface area contributed by atoms with Crippen LogP contribution in [0.4, 0.5) is 29.3 Å². The van der Waals surface area contributed by atoms with E-state index in [9.17, 15) is 17.6 Å². The predicted molar refractivity (Wildman–Crippen MR) is 66.1 cm³/mol. The summed E-state index contributed by atoms with van der Waals surface area (Å²) in [6.07, 6.45) is -2.95. The molecule has 0 fully saturated rings. The standard InChI is InChI=1S/C11H16F4N4O/c1-2-3-16-10-17-6-8(12)9(18-10)19(4-5-20)7-11(13,14)15/h6,20H,2-5,7H2,1H3,(H,16,17,18). The van der Waals surface area contributed by atoms with Gasteiger partial charge in [-0.1, -0.05) is 6.92 Å². The summed E-state index contributed by atoms with van der Waals surface area (Å²) in [7, 11) is 0. The molecule has 0 atom stereocenters. The maximum absolute atomic E-state index is 13.6. The number of aliphatic hydroxyl groups excluding tert-OH is 1.